The molecular formula is C11H13ClN2O3. The molecule has 0 saturated carbocycles. The van der Waals surface area contributed by atoms with E-state index >= 15 is 0 Å². The van der Waals surface area contributed by atoms with Gasteiger partial charge in [-0.3, -0.25) is 10.1 Å². The van der Waals surface area contributed by atoms with Crippen LogP contribution in [-0.2, 0) is 4.74 Å². The smallest absolute Gasteiger partial charge is 0.288 e. The van der Waals surface area contributed by atoms with E-state index in [0.29, 0.717) is 0 Å². The third-order valence-corrected chi connectivity index (χ3v) is 3.18. The maximum absolute atomic E-state index is 10.6. The zero-order valence-corrected chi connectivity index (χ0v) is 10.1. The summed E-state index contributed by atoms with van der Waals surface area (Å²) < 4.78 is 5.43. The van der Waals surface area contributed by atoms with Crippen LogP contribution in [0.4, 0.5) is 11.4 Å². The lowest BCUT2D eigenvalue weighted by Crippen LogP contribution is -2.26. The van der Waals surface area contributed by atoms with Gasteiger partial charge in [0.05, 0.1) is 17.1 Å². The fraction of sp³-hybridized carbons (Fsp3) is 0.455. The van der Waals surface area contributed by atoms with Crippen LogP contribution in [-0.4, -0.2) is 23.7 Å². The molecule has 1 aromatic rings. The summed E-state index contributed by atoms with van der Waals surface area (Å²) in [6, 6.07) is 4.87. The number of hydrogen-bond acceptors (Lipinski definition) is 4. The fourth-order valence-corrected chi connectivity index (χ4v) is 2.13. The normalized spacial score (nSPS) is 23.6. The highest BCUT2D eigenvalue weighted by molar-refractivity contribution is 6.32. The molecule has 2 rings (SSSR count). The van der Waals surface area contributed by atoms with Crippen LogP contribution in [0.25, 0.3) is 0 Å². The summed E-state index contributed by atoms with van der Waals surface area (Å²) in [7, 11) is 0. The van der Waals surface area contributed by atoms with Crippen LogP contribution >= 0.6 is 11.6 Å². The number of benzene rings is 1. The van der Waals surface area contributed by atoms with Crippen molar-refractivity contribution in [2.45, 2.75) is 25.5 Å². The van der Waals surface area contributed by atoms with Crippen LogP contribution in [0.3, 0.4) is 0 Å². The maximum atomic E-state index is 10.6. The monoisotopic (exact) mass is 256 g/mol. The third kappa shape index (κ3) is 2.68. The number of halogens is 1. The second-order valence-electron chi connectivity index (χ2n) is 4.04. The number of hydrogen-bond donors (Lipinski definition) is 1. The molecule has 6 heteroatoms. The Morgan fingerprint density at radius 1 is 1.59 bits per heavy atom. The topological polar surface area (TPSA) is 64.4 Å². The molecule has 0 amide bonds. The van der Waals surface area contributed by atoms with Crippen molar-refractivity contribution < 1.29 is 9.66 Å². The molecule has 17 heavy (non-hydrogen) atoms. The van der Waals surface area contributed by atoms with E-state index in [1.807, 2.05) is 6.92 Å². The Bertz CT molecular complexity index is 439. The average molecular weight is 257 g/mol. The van der Waals surface area contributed by atoms with E-state index in [-0.39, 0.29) is 22.9 Å². The van der Waals surface area contributed by atoms with E-state index in [9.17, 15) is 10.1 Å². The summed E-state index contributed by atoms with van der Waals surface area (Å²) in [5.74, 6) is 0. The molecule has 92 valence electrons. The van der Waals surface area contributed by atoms with Crippen LogP contribution in [0.15, 0.2) is 18.2 Å². The molecule has 0 aromatic heterocycles. The first kappa shape index (κ1) is 12.1. The molecular weight excluding hydrogens is 244 g/mol. The van der Waals surface area contributed by atoms with Gasteiger partial charge in [-0.25, -0.2) is 0 Å². The molecule has 1 aliphatic rings. The standard InChI is InChI=1S/C11H13ClN2O3/c1-7-10(4-5-17-7)13-8-2-3-11(14(15)16)9(12)6-8/h2-3,6-7,10,13H,4-5H2,1H3. The summed E-state index contributed by atoms with van der Waals surface area (Å²) in [4.78, 5) is 10.1. The Morgan fingerprint density at radius 2 is 2.35 bits per heavy atom. The summed E-state index contributed by atoms with van der Waals surface area (Å²) in [6.07, 6.45) is 1.07. The Balaban J connectivity index is 2.12. The zero-order valence-electron chi connectivity index (χ0n) is 9.35. The van der Waals surface area contributed by atoms with Crippen molar-refractivity contribution in [2.75, 3.05) is 11.9 Å². The summed E-state index contributed by atoms with van der Waals surface area (Å²) in [6.45, 7) is 2.73. The van der Waals surface area contributed by atoms with Crippen LogP contribution in [0.5, 0.6) is 0 Å². The van der Waals surface area contributed by atoms with Gasteiger partial charge in [-0.1, -0.05) is 11.6 Å². The van der Waals surface area contributed by atoms with E-state index in [0.717, 1.165) is 18.7 Å². The van der Waals surface area contributed by atoms with Gasteiger partial charge in [0.2, 0.25) is 0 Å². The molecule has 0 aliphatic carbocycles. The van der Waals surface area contributed by atoms with Crippen molar-refractivity contribution in [1.82, 2.24) is 0 Å². The summed E-state index contributed by atoms with van der Waals surface area (Å²) in [5.41, 5.74) is 0.705. The number of anilines is 1. The van der Waals surface area contributed by atoms with Crippen LogP contribution in [0.1, 0.15) is 13.3 Å². The van der Waals surface area contributed by atoms with Crippen molar-refractivity contribution >= 4 is 23.0 Å². The zero-order chi connectivity index (χ0) is 12.4. The van der Waals surface area contributed by atoms with Crippen molar-refractivity contribution in [2.24, 2.45) is 0 Å². The van der Waals surface area contributed by atoms with Gasteiger partial charge >= 0.3 is 0 Å². The van der Waals surface area contributed by atoms with E-state index in [4.69, 9.17) is 16.3 Å². The highest BCUT2D eigenvalue weighted by Crippen LogP contribution is 2.28. The fourth-order valence-electron chi connectivity index (χ4n) is 1.88. The second kappa shape index (κ2) is 4.89. The van der Waals surface area contributed by atoms with Gasteiger partial charge in [0.25, 0.3) is 5.69 Å². The van der Waals surface area contributed by atoms with E-state index in [2.05, 4.69) is 5.32 Å². The first-order chi connectivity index (χ1) is 8.08. The Hall–Kier alpha value is -1.33. The van der Waals surface area contributed by atoms with Crippen molar-refractivity contribution in [3.8, 4) is 0 Å². The number of nitro groups is 1. The van der Waals surface area contributed by atoms with Crippen LogP contribution in [0.2, 0.25) is 5.02 Å². The van der Waals surface area contributed by atoms with Crippen molar-refractivity contribution in [3.05, 3.63) is 33.3 Å². The predicted molar refractivity (Wildman–Crippen MR) is 65.5 cm³/mol. The minimum absolute atomic E-state index is 0.0760. The molecule has 1 aliphatic heterocycles. The number of nitro benzene ring substituents is 1. The Morgan fingerprint density at radius 3 is 2.88 bits per heavy atom. The highest BCUT2D eigenvalue weighted by Gasteiger charge is 2.24. The van der Waals surface area contributed by atoms with Gasteiger partial charge in [0.15, 0.2) is 0 Å². The largest absolute Gasteiger partial charge is 0.380 e. The second-order valence-corrected chi connectivity index (χ2v) is 4.45. The molecule has 0 bridgehead atoms. The average Bonchev–Trinajstić information content (AvgIpc) is 2.64. The van der Waals surface area contributed by atoms with Gasteiger partial charge in [-0.2, -0.15) is 0 Å². The molecule has 1 aromatic carbocycles. The molecule has 1 N–H and O–H groups in total. The molecule has 0 spiro atoms. The lowest BCUT2D eigenvalue weighted by molar-refractivity contribution is -0.384. The lowest BCUT2D eigenvalue weighted by atomic mass is 10.1. The van der Waals surface area contributed by atoms with Gasteiger partial charge in [0.1, 0.15) is 5.02 Å². The van der Waals surface area contributed by atoms with E-state index < -0.39 is 4.92 Å². The van der Waals surface area contributed by atoms with Crippen LogP contribution in [0, 0.1) is 10.1 Å². The molecule has 1 heterocycles. The van der Waals surface area contributed by atoms with Gasteiger partial charge in [-0.15, -0.1) is 0 Å². The van der Waals surface area contributed by atoms with Crippen molar-refractivity contribution in [1.29, 1.82) is 0 Å². The van der Waals surface area contributed by atoms with Gasteiger partial charge < -0.3 is 10.1 Å². The quantitative estimate of drug-likeness (QED) is 0.667. The Kier molecular flexibility index (Phi) is 3.49. The Labute approximate surface area is 104 Å². The number of nitrogens with zero attached hydrogens (tertiary/aromatic N) is 1. The van der Waals surface area contributed by atoms with E-state index in [1.165, 1.54) is 6.07 Å². The van der Waals surface area contributed by atoms with Crippen molar-refractivity contribution in [3.63, 3.8) is 0 Å². The number of nitrogens with one attached hydrogen (secondary N) is 1. The summed E-state index contributed by atoms with van der Waals surface area (Å²) >= 11 is 5.83. The molecule has 2 unspecified atom stereocenters. The van der Waals surface area contributed by atoms with Crippen LogP contribution < -0.4 is 5.32 Å². The van der Waals surface area contributed by atoms with Gasteiger partial charge in [0, 0.05) is 18.4 Å². The minimum atomic E-state index is -0.493. The first-order valence-corrected chi connectivity index (χ1v) is 5.78. The van der Waals surface area contributed by atoms with E-state index in [1.54, 1.807) is 12.1 Å². The minimum Gasteiger partial charge on any atom is -0.380 e. The SMILES string of the molecule is CC1OCCC1Nc1ccc([N+](=O)[O-])c(Cl)c1. The molecule has 1 fully saturated rings. The number of rotatable bonds is 3. The molecule has 5 nitrogen and oxygen atoms in total. The lowest BCUT2D eigenvalue weighted by Gasteiger charge is -2.17. The molecule has 1 saturated heterocycles. The molecule has 2 atom stereocenters. The highest BCUT2D eigenvalue weighted by atomic mass is 35.5. The first-order valence-electron chi connectivity index (χ1n) is 5.40. The maximum Gasteiger partial charge on any atom is 0.288 e. The van der Waals surface area contributed by atoms with Gasteiger partial charge in [-0.05, 0) is 25.5 Å². The summed E-state index contributed by atoms with van der Waals surface area (Å²) in [5, 5.41) is 14.0. The number of ether oxygens (including phenoxy) is 1. The third-order valence-electron chi connectivity index (χ3n) is 2.87. The predicted octanol–water partition coefficient (Wildman–Crippen LogP) is 2.84. The molecule has 0 radical (unpaired) electrons.